The van der Waals surface area contributed by atoms with Crippen LogP contribution in [-0.2, 0) is 14.3 Å². The van der Waals surface area contributed by atoms with E-state index in [1.807, 2.05) is 0 Å². The molecule has 1 N–H and O–H groups in total. The van der Waals surface area contributed by atoms with Crippen molar-refractivity contribution in [1.29, 1.82) is 0 Å². The summed E-state index contributed by atoms with van der Waals surface area (Å²) in [6, 6.07) is 0. The molecule has 0 aromatic heterocycles. The van der Waals surface area contributed by atoms with E-state index < -0.39 is 11.6 Å². The second kappa shape index (κ2) is 7.86. The third kappa shape index (κ3) is 10.9. The van der Waals surface area contributed by atoms with Gasteiger partial charge < -0.3 is 9.84 Å². The van der Waals surface area contributed by atoms with Crippen molar-refractivity contribution in [2.75, 3.05) is 6.61 Å². The second-order valence-corrected chi connectivity index (χ2v) is 4.71. The lowest BCUT2D eigenvalue weighted by Crippen LogP contribution is -2.22. The molecule has 0 spiro atoms. The fourth-order valence-electron chi connectivity index (χ4n) is 1.06. The van der Waals surface area contributed by atoms with Crippen LogP contribution in [0.25, 0.3) is 0 Å². The molecule has 0 radical (unpaired) electrons. The lowest BCUT2D eigenvalue weighted by Gasteiger charge is -2.16. The maximum Gasteiger partial charge on any atom is 0.385 e. The maximum atomic E-state index is 11.2. The smallest absolute Gasteiger partial charge is 0.385 e. The summed E-state index contributed by atoms with van der Waals surface area (Å²) in [7, 11) is 0. The quantitative estimate of drug-likeness (QED) is 0.260. The van der Waals surface area contributed by atoms with Gasteiger partial charge in [-0.3, -0.25) is 4.79 Å². The zero-order chi connectivity index (χ0) is 13.3. The van der Waals surface area contributed by atoms with Gasteiger partial charge in [-0.05, 0) is 39.5 Å². The van der Waals surface area contributed by atoms with Crippen LogP contribution in [0.5, 0.6) is 0 Å². The van der Waals surface area contributed by atoms with E-state index in [1.165, 1.54) is 0 Å². The molecule has 0 rings (SSSR count). The van der Waals surface area contributed by atoms with Crippen LogP contribution in [0.2, 0.25) is 0 Å². The first-order chi connectivity index (χ1) is 7.85. The van der Waals surface area contributed by atoms with E-state index in [1.54, 1.807) is 20.8 Å². The summed E-state index contributed by atoms with van der Waals surface area (Å²) in [4.78, 5) is 22.4. The highest BCUT2D eigenvalue weighted by atomic mass is 16.6. The molecular formula is C13H20O4. The van der Waals surface area contributed by atoms with E-state index in [4.69, 9.17) is 9.84 Å². The average Bonchev–Trinajstić information content (AvgIpc) is 2.19. The number of ether oxygens (including phenoxy) is 1. The molecule has 0 aromatic rings. The molecule has 0 fully saturated rings. The van der Waals surface area contributed by atoms with Crippen LogP contribution >= 0.6 is 0 Å². The Labute approximate surface area is 102 Å². The number of Topliss-reactive ketones (excluding diaryl/α,β-unsaturated/α-hetero) is 1. The lowest BCUT2D eigenvalue weighted by atomic mass is 10.1. The number of rotatable bonds is 5. The van der Waals surface area contributed by atoms with Crippen LogP contribution in [-0.4, -0.2) is 29.1 Å². The highest BCUT2D eigenvalue weighted by Gasteiger charge is 2.14. The Morgan fingerprint density at radius 1 is 1.12 bits per heavy atom. The van der Waals surface area contributed by atoms with Gasteiger partial charge >= 0.3 is 5.97 Å². The van der Waals surface area contributed by atoms with E-state index in [-0.39, 0.29) is 12.4 Å². The van der Waals surface area contributed by atoms with Crippen molar-refractivity contribution >= 4 is 11.8 Å². The Bertz CT molecular complexity index is 315. The third-order valence-corrected chi connectivity index (χ3v) is 1.76. The number of carbonyl (C=O) groups excluding carboxylic acids is 2. The highest BCUT2D eigenvalue weighted by molar-refractivity contribution is 6.02. The molecule has 0 aliphatic rings. The molecule has 0 heterocycles. The van der Waals surface area contributed by atoms with Crippen LogP contribution in [0.1, 0.15) is 46.5 Å². The van der Waals surface area contributed by atoms with E-state index in [0.717, 1.165) is 6.42 Å². The fourth-order valence-corrected chi connectivity index (χ4v) is 1.06. The number of carbonyl (C=O) groups is 2. The molecule has 4 nitrogen and oxygen atoms in total. The molecule has 0 bridgehead atoms. The lowest BCUT2D eigenvalue weighted by molar-refractivity contribution is -0.147. The Morgan fingerprint density at radius 3 is 2.29 bits per heavy atom. The van der Waals surface area contributed by atoms with Crippen LogP contribution in [0.4, 0.5) is 0 Å². The van der Waals surface area contributed by atoms with Crippen molar-refractivity contribution in [3.8, 4) is 11.8 Å². The number of aliphatic hydroxyl groups is 1. The predicted molar refractivity (Wildman–Crippen MR) is 64.2 cm³/mol. The van der Waals surface area contributed by atoms with Gasteiger partial charge in [0.15, 0.2) is 0 Å². The third-order valence-electron chi connectivity index (χ3n) is 1.76. The van der Waals surface area contributed by atoms with E-state index in [9.17, 15) is 9.59 Å². The molecular weight excluding hydrogens is 220 g/mol. The minimum Gasteiger partial charge on any atom is -0.450 e. The maximum absolute atomic E-state index is 11.2. The molecule has 4 heteroatoms. The van der Waals surface area contributed by atoms with E-state index in [0.29, 0.717) is 19.3 Å². The first kappa shape index (κ1) is 15.7. The summed E-state index contributed by atoms with van der Waals surface area (Å²) >= 11 is 0. The summed E-state index contributed by atoms with van der Waals surface area (Å²) < 4.78 is 4.93. The first-order valence-electron chi connectivity index (χ1n) is 5.74. The van der Waals surface area contributed by atoms with Gasteiger partial charge in [0.1, 0.15) is 5.60 Å². The van der Waals surface area contributed by atoms with Gasteiger partial charge in [0.05, 0.1) is 0 Å². The Balaban J connectivity index is 3.92. The summed E-state index contributed by atoms with van der Waals surface area (Å²) in [5.74, 6) is 3.48. The molecule has 17 heavy (non-hydrogen) atoms. The van der Waals surface area contributed by atoms with Gasteiger partial charge in [0.2, 0.25) is 5.78 Å². The van der Waals surface area contributed by atoms with Crippen molar-refractivity contribution in [1.82, 2.24) is 0 Å². The Morgan fingerprint density at radius 2 is 1.76 bits per heavy atom. The van der Waals surface area contributed by atoms with Crippen molar-refractivity contribution in [2.45, 2.75) is 52.1 Å². The van der Waals surface area contributed by atoms with Gasteiger partial charge in [0.25, 0.3) is 0 Å². The van der Waals surface area contributed by atoms with Crippen molar-refractivity contribution in [2.24, 2.45) is 0 Å². The van der Waals surface area contributed by atoms with Gasteiger partial charge in [-0.1, -0.05) is 6.42 Å². The second-order valence-electron chi connectivity index (χ2n) is 4.71. The van der Waals surface area contributed by atoms with Crippen molar-refractivity contribution in [3.63, 3.8) is 0 Å². The molecule has 0 aromatic carbocycles. The zero-order valence-electron chi connectivity index (χ0n) is 10.7. The Hall–Kier alpha value is -1.34. The number of hydrogen-bond donors (Lipinski definition) is 1. The average molecular weight is 240 g/mol. The molecule has 0 saturated heterocycles. The summed E-state index contributed by atoms with van der Waals surface area (Å²) in [5.41, 5.74) is -0.587. The molecule has 0 unspecified atom stereocenters. The molecule has 0 aliphatic carbocycles. The monoisotopic (exact) mass is 240 g/mol. The van der Waals surface area contributed by atoms with Gasteiger partial charge in [-0.15, -0.1) is 0 Å². The first-order valence-corrected chi connectivity index (χ1v) is 5.74. The topological polar surface area (TPSA) is 63.6 Å². The number of hydrogen-bond acceptors (Lipinski definition) is 4. The standard InChI is InChI=1S/C13H20O4/c1-13(2,3)17-12(16)9-8-11(15)7-5-4-6-10-14/h14H,4-7,10H2,1-3H3. The molecule has 0 aliphatic heterocycles. The van der Waals surface area contributed by atoms with Crippen molar-refractivity contribution < 1.29 is 19.4 Å². The van der Waals surface area contributed by atoms with Crippen LogP contribution in [0.3, 0.4) is 0 Å². The molecule has 0 amide bonds. The minimum absolute atomic E-state index is 0.137. The summed E-state index contributed by atoms with van der Waals surface area (Å²) in [6.45, 7) is 5.35. The van der Waals surface area contributed by atoms with Gasteiger partial charge in [0, 0.05) is 18.9 Å². The van der Waals surface area contributed by atoms with Gasteiger partial charge in [-0.25, -0.2) is 4.79 Å². The van der Waals surface area contributed by atoms with E-state index in [2.05, 4.69) is 11.8 Å². The SMILES string of the molecule is CC(C)(C)OC(=O)C#CC(=O)CCCCCO. The van der Waals surface area contributed by atoms with Crippen LogP contribution < -0.4 is 0 Å². The number of aliphatic hydroxyl groups excluding tert-OH is 1. The molecule has 0 saturated carbocycles. The van der Waals surface area contributed by atoms with Crippen molar-refractivity contribution in [3.05, 3.63) is 0 Å². The number of esters is 1. The summed E-state index contributed by atoms with van der Waals surface area (Å²) in [6.07, 6.45) is 2.47. The number of ketones is 1. The normalized spacial score (nSPS) is 10.4. The minimum atomic E-state index is -0.679. The summed E-state index contributed by atoms with van der Waals surface area (Å²) in [5, 5.41) is 8.54. The van der Waals surface area contributed by atoms with Crippen LogP contribution in [0.15, 0.2) is 0 Å². The Kier molecular flexibility index (Phi) is 7.24. The van der Waals surface area contributed by atoms with Gasteiger partial charge in [-0.2, -0.15) is 0 Å². The van der Waals surface area contributed by atoms with Crippen LogP contribution in [0, 0.1) is 11.8 Å². The highest BCUT2D eigenvalue weighted by Crippen LogP contribution is 2.06. The number of unbranched alkanes of at least 4 members (excludes halogenated alkanes) is 2. The zero-order valence-corrected chi connectivity index (χ0v) is 10.7. The molecule has 96 valence electrons. The molecule has 0 atom stereocenters. The predicted octanol–water partition coefficient (Wildman–Crippen LogP) is 1.45. The largest absolute Gasteiger partial charge is 0.450 e. The van der Waals surface area contributed by atoms with E-state index >= 15 is 0 Å². The fraction of sp³-hybridized carbons (Fsp3) is 0.692.